The maximum absolute atomic E-state index is 13.2. The van der Waals surface area contributed by atoms with Gasteiger partial charge in [0.25, 0.3) is 0 Å². The predicted molar refractivity (Wildman–Crippen MR) is 201 cm³/mol. The molecule has 0 spiro atoms. The van der Waals surface area contributed by atoms with Gasteiger partial charge in [-0.2, -0.15) is 0 Å². The van der Waals surface area contributed by atoms with E-state index in [-0.39, 0.29) is 29.2 Å². The lowest BCUT2D eigenvalue weighted by molar-refractivity contribution is -0.00134. The van der Waals surface area contributed by atoms with Gasteiger partial charge in [-0.15, -0.1) is 0 Å². The van der Waals surface area contributed by atoms with Gasteiger partial charge in [0.05, 0.1) is 35.5 Å². The first-order valence-corrected chi connectivity index (χ1v) is 17.9. The lowest BCUT2D eigenvalue weighted by Crippen LogP contribution is -2.19. The first-order chi connectivity index (χ1) is 26.3. The molecule has 0 heterocycles. The fourth-order valence-electron chi connectivity index (χ4n) is 4.99. The molecular weight excluding hydrogens is 688 g/mol. The van der Waals surface area contributed by atoms with Gasteiger partial charge in [0.15, 0.2) is 6.10 Å². The molecule has 0 radical (unpaired) electrons. The molecule has 0 aromatic heterocycles. The summed E-state index contributed by atoms with van der Waals surface area (Å²) in [6.45, 7) is 5.12. The number of ether oxygens (including phenoxy) is 6. The van der Waals surface area contributed by atoms with Crippen LogP contribution >= 0.6 is 0 Å². The molecular formula is C44H42O10. The van der Waals surface area contributed by atoms with Crippen molar-refractivity contribution in [2.45, 2.75) is 45.6 Å². The minimum atomic E-state index is -0.919. The third-order valence-electron chi connectivity index (χ3n) is 8.10. The molecule has 0 fully saturated rings. The van der Waals surface area contributed by atoms with E-state index in [0.29, 0.717) is 41.4 Å². The third-order valence-corrected chi connectivity index (χ3v) is 8.10. The van der Waals surface area contributed by atoms with Crippen LogP contribution in [0.2, 0.25) is 0 Å². The van der Waals surface area contributed by atoms with Gasteiger partial charge in [-0.3, -0.25) is 0 Å². The van der Waals surface area contributed by atoms with Crippen molar-refractivity contribution in [1.82, 2.24) is 0 Å². The topological polar surface area (TPSA) is 124 Å². The maximum atomic E-state index is 13.2. The Morgan fingerprint density at radius 1 is 0.463 bits per heavy atom. The Bertz CT molecular complexity index is 1950. The summed E-state index contributed by atoms with van der Waals surface area (Å²) in [6, 6.07) is 34.2. The van der Waals surface area contributed by atoms with Crippen molar-refractivity contribution < 1.29 is 47.6 Å². The summed E-state index contributed by atoms with van der Waals surface area (Å²) in [5, 5.41) is 0. The zero-order valence-corrected chi connectivity index (χ0v) is 30.2. The average Bonchev–Trinajstić information content (AvgIpc) is 3.21. The lowest BCUT2D eigenvalue weighted by atomic mass is 10.1. The lowest BCUT2D eigenvalue weighted by Gasteiger charge is -2.18. The summed E-state index contributed by atoms with van der Waals surface area (Å²) in [7, 11) is 0. The largest absolute Gasteiger partial charge is 0.494 e. The van der Waals surface area contributed by atoms with Crippen molar-refractivity contribution in [1.29, 1.82) is 0 Å². The second-order valence-electron chi connectivity index (χ2n) is 12.2. The number of esters is 4. The highest BCUT2D eigenvalue weighted by Crippen LogP contribution is 2.23. The molecule has 0 amide bonds. The van der Waals surface area contributed by atoms with Gasteiger partial charge >= 0.3 is 23.9 Å². The highest BCUT2D eigenvalue weighted by atomic mass is 16.6. The van der Waals surface area contributed by atoms with Crippen molar-refractivity contribution in [2.75, 3.05) is 19.8 Å². The van der Waals surface area contributed by atoms with Gasteiger partial charge in [-0.05, 0) is 115 Å². The van der Waals surface area contributed by atoms with Crippen molar-refractivity contribution in [3.05, 3.63) is 155 Å². The molecule has 5 aromatic carbocycles. The van der Waals surface area contributed by atoms with Crippen LogP contribution in [-0.4, -0.2) is 43.7 Å². The van der Waals surface area contributed by atoms with E-state index in [1.54, 1.807) is 72.8 Å². The number of unbranched alkanes of at least 4 members (excludes halogenated alkanes) is 2. The Labute approximate surface area is 314 Å². The van der Waals surface area contributed by atoms with Crippen LogP contribution < -0.4 is 18.9 Å². The molecule has 0 saturated heterocycles. The molecule has 10 heteroatoms. The van der Waals surface area contributed by atoms with Crippen molar-refractivity contribution in [3.63, 3.8) is 0 Å². The molecule has 5 rings (SSSR count). The molecule has 10 nitrogen and oxygen atoms in total. The first-order valence-electron chi connectivity index (χ1n) is 17.9. The number of hydrogen-bond acceptors (Lipinski definition) is 10. The van der Waals surface area contributed by atoms with Crippen LogP contribution in [0.25, 0.3) is 0 Å². The molecule has 278 valence electrons. The smallest absolute Gasteiger partial charge is 0.343 e. The van der Waals surface area contributed by atoms with E-state index in [1.165, 1.54) is 48.5 Å². The molecule has 0 aliphatic carbocycles. The summed E-state index contributed by atoms with van der Waals surface area (Å²) in [4.78, 5) is 51.5. The number of carbonyl (C=O) groups is 4. The zero-order valence-electron chi connectivity index (χ0n) is 30.2. The fourth-order valence-corrected chi connectivity index (χ4v) is 4.99. The van der Waals surface area contributed by atoms with Crippen LogP contribution in [0.4, 0.5) is 0 Å². The quantitative estimate of drug-likeness (QED) is 0.0490. The van der Waals surface area contributed by atoms with Crippen LogP contribution in [0.5, 0.6) is 23.0 Å². The molecule has 1 atom stereocenters. The normalized spacial score (nSPS) is 11.1. The summed E-state index contributed by atoms with van der Waals surface area (Å²) in [6.07, 6.45) is 3.02. The van der Waals surface area contributed by atoms with E-state index in [1.807, 2.05) is 6.07 Å². The van der Waals surface area contributed by atoms with Crippen molar-refractivity contribution in [2.24, 2.45) is 0 Å². The maximum Gasteiger partial charge on any atom is 0.343 e. The van der Waals surface area contributed by atoms with Crippen molar-refractivity contribution >= 4 is 23.9 Å². The van der Waals surface area contributed by atoms with Gasteiger partial charge in [-0.1, -0.05) is 57.0 Å². The van der Waals surface area contributed by atoms with Crippen LogP contribution in [0.3, 0.4) is 0 Å². The first kappa shape index (κ1) is 38.8. The number of carbonyl (C=O) groups excluding carboxylic acids is 4. The predicted octanol–water partition coefficient (Wildman–Crippen LogP) is 9.24. The van der Waals surface area contributed by atoms with E-state index >= 15 is 0 Å². The number of rotatable bonds is 18. The fraction of sp³-hybridized carbons (Fsp3) is 0.227. The Kier molecular flexibility index (Phi) is 14.4. The second kappa shape index (κ2) is 20.0. The van der Waals surface area contributed by atoms with Gasteiger partial charge in [0, 0.05) is 0 Å². The Hall–Kier alpha value is -6.42. The van der Waals surface area contributed by atoms with Crippen LogP contribution in [0.15, 0.2) is 127 Å². The van der Waals surface area contributed by atoms with E-state index in [2.05, 4.69) is 13.8 Å². The molecule has 5 aromatic rings. The highest BCUT2D eigenvalue weighted by Gasteiger charge is 2.21. The van der Waals surface area contributed by atoms with Gasteiger partial charge < -0.3 is 28.4 Å². The zero-order chi connectivity index (χ0) is 38.1. The van der Waals surface area contributed by atoms with Crippen LogP contribution in [0, 0.1) is 0 Å². The van der Waals surface area contributed by atoms with Gasteiger partial charge in [-0.25, -0.2) is 19.2 Å². The Morgan fingerprint density at radius 3 is 1.28 bits per heavy atom. The Balaban J connectivity index is 1.14. The molecule has 0 saturated carbocycles. The molecule has 0 bridgehead atoms. The molecule has 0 aliphatic heterocycles. The summed E-state index contributed by atoms with van der Waals surface area (Å²) in [5.41, 5.74) is 1.74. The van der Waals surface area contributed by atoms with Gasteiger partial charge in [0.1, 0.15) is 29.6 Å². The van der Waals surface area contributed by atoms with Crippen LogP contribution in [-0.2, 0) is 9.47 Å². The standard InChI is InChI=1S/C44H42O10/c1-3-5-28-49-36-20-12-33(13-21-36)42(46)52-38-24-16-32(17-25-38)41(45)51-30-40(31-10-8-7-9-11-31)54-44(48)35-18-26-39(27-19-35)53-43(47)34-14-22-37(23-15-34)50-29-6-4-2/h7-27,40H,3-6,28-30H2,1-2H3. The molecule has 1 unspecified atom stereocenters. The minimum Gasteiger partial charge on any atom is -0.494 e. The van der Waals surface area contributed by atoms with E-state index < -0.39 is 30.0 Å². The minimum absolute atomic E-state index is 0.206. The third kappa shape index (κ3) is 11.5. The van der Waals surface area contributed by atoms with Crippen molar-refractivity contribution in [3.8, 4) is 23.0 Å². The van der Waals surface area contributed by atoms with Gasteiger partial charge in [0.2, 0.25) is 0 Å². The number of hydrogen-bond donors (Lipinski definition) is 0. The van der Waals surface area contributed by atoms with E-state index in [0.717, 1.165) is 25.7 Å². The van der Waals surface area contributed by atoms with E-state index in [4.69, 9.17) is 28.4 Å². The molecule has 0 N–H and O–H groups in total. The highest BCUT2D eigenvalue weighted by molar-refractivity contribution is 5.93. The summed E-state index contributed by atoms with van der Waals surface area (Å²) >= 11 is 0. The average molecular weight is 731 g/mol. The monoisotopic (exact) mass is 730 g/mol. The molecule has 54 heavy (non-hydrogen) atoms. The molecule has 0 aliphatic rings. The summed E-state index contributed by atoms with van der Waals surface area (Å²) in [5.74, 6) is -0.589. The van der Waals surface area contributed by atoms with Crippen LogP contribution in [0.1, 0.15) is 92.6 Å². The van der Waals surface area contributed by atoms with E-state index in [9.17, 15) is 19.2 Å². The number of benzene rings is 5. The SMILES string of the molecule is CCCCOc1ccc(C(=O)Oc2ccc(C(=O)OCC(OC(=O)c3ccc(OC(=O)c4ccc(OCCCC)cc4)cc3)c3ccccc3)cc2)cc1. The second-order valence-corrected chi connectivity index (χ2v) is 12.2. The Morgan fingerprint density at radius 2 is 0.852 bits per heavy atom. The summed E-state index contributed by atoms with van der Waals surface area (Å²) < 4.78 is 33.5.